The van der Waals surface area contributed by atoms with Gasteiger partial charge < -0.3 is 20.7 Å². The van der Waals surface area contributed by atoms with Crippen LogP contribution in [0.1, 0.15) is 35.9 Å². The number of hydrogen-bond donors (Lipinski definition) is 2. The van der Waals surface area contributed by atoms with Gasteiger partial charge in [0.15, 0.2) is 5.13 Å². The van der Waals surface area contributed by atoms with Crippen molar-refractivity contribution in [2.45, 2.75) is 32.2 Å². The Morgan fingerprint density at radius 2 is 2.25 bits per heavy atom. The van der Waals surface area contributed by atoms with E-state index >= 15 is 0 Å². The lowest BCUT2D eigenvalue weighted by Gasteiger charge is -2.13. The quantitative estimate of drug-likeness (QED) is 0.831. The van der Waals surface area contributed by atoms with Crippen molar-refractivity contribution < 1.29 is 9.53 Å². The van der Waals surface area contributed by atoms with E-state index < -0.39 is 0 Å². The highest BCUT2D eigenvalue weighted by Gasteiger charge is 2.22. The molecule has 112 valence electrons. The maximum atomic E-state index is 12.2. The van der Waals surface area contributed by atoms with Crippen LogP contribution in [0.15, 0.2) is 0 Å². The topological polar surface area (TPSA) is 80.5 Å². The van der Waals surface area contributed by atoms with Crippen LogP contribution in [0.5, 0.6) is 0 Å². The highest BCUT2D eigenvalue weighted by molar-refractivity contribution is 7.18. The highest BCUT2D eigenvalue weighted by atomic mass is 32.1. The molecule has 1 aromatic heterocycles. The Bertz CT molecular complexity index is 457. The van der Waals surface area contributed by atoms with Crippen LogP contribution in [-0.4, -0.2) is 43.7 Å². The summed E-state index contributed by atoms with van der Waals surface area (Å²) < 4.78 is 5.00. The van der Waals surface area contributed by atoms with Crippen molar-refractivity contribution in [1.82, 2.24) is 10.3 Å². The molecule has 0 radical (unpaired) electrons. The fourth-order valence-electron chi connectivity index (χ4n) is 2.18. The molecule has 0 aliphatic carbocycles. The Morgan fingerprint density at radius 1 is 1.55 bits per heavy atom. The summed E-state index contributed by atoms with van der Waals surface area (Å²) in [4.78, 5) is 19.2. The molecule has 0 saturated carbocycles. The van der Waals surface area contributed by atoms with Gasteiger partial charge in [0.05, 0.1) is 0 Å². The summed E-state index contributed by atoms with van der Waals surface area (Å²) in [5.74, 6) is 0.183. The largest absolute Gasteiger partial charge is 0.385 e. The summed E-state index contributed by atoms with van der Waals surface area (Å²) in [6.07, 6.45) is 3.13. The molecule has 20 heavy (non-hydrogen) atoms. The van der Waals surface area contributed by atoms with Crippen molar-refractivity contribution in [2.75, 3.05) is 37.4 Å². The molecule has 1 unspecified atom stereocenters. The number of nitrogens with zero attached hydrogens (tertiary/aromatic N) is 2. The second-order valence-electron chi connectivity index (χ2n) is 5.06. The SMILES string of the molecule is COCCC(C)NC(=O)c1sc(N2CCCC2)nc1N. The lowest BCUT2D eigenvalue weighted by molar-refractivity contribution is 0.0934. The Kier molecular flexibility index (Phi) is 5.19. The first-order chi connectivity index (χ1) is 9.61. The van der Waals surface area contributed by atoms with E-state index in [0.717, 1.165) is 24.6 Å². The number of rotatable bonds is 6. The van der Waals surface area contributed by atoms with E-state index in [4.69, 9.17) is 10.5 Å². The number of aromatic nitrogens is 1. The lowest BCUT2D eigenvalue weighted by atomic mass is 10.2. The van der Waals surface area contributed by atoms with Crippen LogP contribution in [0, 0.1) is 0 Å². The first-order valence-corrected chi connectivity index (χ1v) is 7.74. The molecule has 0 bridgehead atoms. The normalized spacial score (nSPS) is 16.4. The van der Waals surface area contributed by atoms with Crippen LogP contribution in [0.3, 0.4) is 0 Å². The van der Waals surface area contributed by atoms with E-state index in [1.54, 1.807) is 7.11 Å². The minimum atomic E-state index is -0.144. The summed E-state index contributed by atoms with van der Waals surface area (Å²) in [7, 11) is 1.65. The van der Waals surface area contributed by atoms with Crippen molar-refractivity contribution in [1.29, 1.82) is 0 Å². The minimum absolute atomic E-state index is 0.0548. The van der Waals surface area contributed by atoms with E-state index in [1.807, 2.05) is 6.92 Å². The fraction of sp³-hybridized carbons (Fsp3) is 0.692. The third kappa shape index (κ3) is 3.61. The van der Waals surface area contributed by atoms with Crippen LogP contribution >= 0.6 is 11.3 Å². The van der Waals surface area contributed by atoms with Gasteiger partial charge in [-0.3, -0.25) is 4.79 Å². The van der Waals surface area contributed by atoms with Gasteiger partial charge in [0, 0.05) is 32.8 Å². The van der Waals surface area contributed by atoms with Crippen LogP contribution in [0.4, 0.5) is 10.9 Å². The van der Waals surface area contributed by atoms with Gasteiger partial charge in [0.2, 0.25) is 0 Å². The number of nitrogens with two attached hydrogens (primary N) is 1. The van der Waals surface area contributed by atoms with Gasteiger partial charge in [-0.1, -0.05) is 11.3 Å². The van der Waals surface area contributed by atoms with E-state index in [9.17, 15) is 4.79 Å². The van der Waals surface area contributed by atoms with Crippen LogP contribution < -0.4 is 16.0 Å². The fourth-order valence-corrected chi connectivity index (χ4v) is 3.12. The molecule has 1 aromatic rings. The summed E-state index contributed by atoms with van der Waals surface area (Å²) in [6.45, 7) is 4.57. The minimum Gasteiger partial charge on any atom is -0.385 e. The van der Waals surface area contributed by atoms with Crippen LogP contribution in [-0.2, 0) is 4.74 Å². The lowest BCUT2D eigenvalue weighted by Crippen LogP contribution is -2.33. The van der Waals surface area contributed by atoms with Crippen LogP contribution in [0.25, 0.3) is 0 Å². The third-order valence-electron chi connectivity index (χ3n) is 3.36. The number of methoxy groups -OCH3 is 1. The number of thiazole rings is 1. The number of nitrogens with one attached hydrogen (secondary N) is 1. The molecule has 1 atom stereocenters. The number of carbonyl (C=O) groups is 1. The molecule has 7 heteroatoms. The van der Waals surface area contributed by atoms with Crippen molar-refractivity contribution in [3.05, 3.63) is 4.88 Å². The molecule has 2 rings (SSSR count). The van der Waals surface area contributed by atoms with Gasteiger partial charge in [-0.2, -0.15) is 0 Å². The molecule has 1 fully saturated rings. The van der Waals surface area contributed by atoms with Gasteiger partial charge in [-0.15, -0.1) is 0 Å². The number of ether oxygens (including phenoxy) is 1. The molecular formula is C13H22N4O2S. The van der Waals surface area contributed by atoms with E-state index in [-0.39, 0.29) is 11.9 Å². The van der Waals surface area contributed by atoms with Gasteiger partial charge in [0.25, 0.3) is 5.91 Å². The Balaban J connectivity index is 1.98. The number of carbonyl (C=O) groups excluding carboxylic acids is 1. The molecule has 3 N–H and O–H groups in total. The molecule has 1 amide bonds. The third-order valence-corrected chi connectivity index (χ3v) is 4.49. The van der Waals surface area contributed by atoms with E-state index in [1.165, 1.54) is 24.2 Å². The zero-order chi connectivity index (χ0) is 14.5. The average Bonchev–Trinajstić information content (AvgIpc) is 3.04. The van der Waals surface area contributed by atoms with Crippen molar-refractivity contribution >= 4 is 28.2 Å². The van der Waals surface area contributed by atoms with E-state index in [0.29, 0.717) is 17.3 Å². The first kappa shape index (κ1) is 15.1. The molecule has 1 saturated heterocycles. The number of hydrogen-bond acceptors (Lipinski definition) is 6. The number of anilines is 2. The highest BCUT2D eigenvalue weighted by Crippen LogP contribution is 2.30. The second-order valence-corrected chi connectivity index (χ2v) is 6.04. The first-order valence-electron chi connectivity index (χ1n) is 6.93. The molecular weight excluding hydrogens is 276 g/mol. The zero-order valence-electron chi connectivity index (χ0n) is 12.0. The smallest absolute Gasteiger partial charge is 0.265 e. The molecule has 1 aliphatic heterocycles. The Morgan fingerprint density at radius 3 is 2.90 bits per heavy atom. The van der Waals surface area contributed by atoms with E-state index in [2.05, 4.69) is 15.2 Å². The predicted molar refractivity (Wildman–Crippen MR) is 81.4 cm³/mol. The monoisotopic (exact) mass is 298 g/mol. The van der Waals surface area contributed by atoms with Gasteiger partial charge >= 0.3 is 0 Å². The van der Waals surface area contributed by atoms with Crippen molar-refractivity contribution in [2.24, 2.45) is 0 Å². The molecule has 6 nitrogen and oxygen atoms in total. The molecule has 1 aliphatic rings. The number of nitrogen functional groups attached to an aromatic ring is 1. The summed E-state index contributed by atoms with van der Waals surface area (Å²) in [5, 5.41) is 3.78. The average molecular weight is 298 g/mol. The molecule has 0 spiro atoms. The van der Waals surface area contributed by atoms with Gasteiger partial charge in [0.1, 0.15) is 10.7 Å². The Hall–Kier alpha value is -1.34. The van der Waals surface area contributed by atoms with Crippen molar-refractivity contribution in [3.8, 4) is 0 Å². The van der Waals surface area contributed by atoms with Crippen molar-refractivity contribution in [3.63, 3.8) is 0 Å². The second kappa shape index (κ2) is 6.90. The standard InChI is InChI=1S/C13H22N4O2S/c1-9(5-8-19-2)15-12(18)10-11(14)16-13(20-10)17-6-3-4-7-17/h9H,3-8,14H2,1-2H3,(H,15,18). The van der Waals surface area contributed by atoms with Gasteiger partial charge in [-0.05, 0) is 26.2 Å². The Labute approximate surface area is 123 Å². The summed E-state index contributed by atoms with van der Waals surface area (Å²) in [6, 6.07) is 0.0548. The molecule has 0 aromatic carbocycles. The van der Waals surface area contributed by atoms with Gasteiger partial charge in [-0.25, -0.2) is 4.98 Å². The van der Waals surface area contributed by atoms with Crippen LogP contribution in [0.2, 0.25) is 0 Å². The predicted octanol–water partition coefficient (Wildman–Crippen LogP) is 1.48. The summed E-state index contributed by atoms with van der Waals surface area (Å²) in [5.41, 5.74) is 5.87. The number of amides is 1. The maximum absolute atomic E-state index is 12.2. The maximum Gasteiger partial charge on any atom is 0.265 e. The molecule has 2 heterocycles. The summed E-state index contributed by atoms with van der Waals surface area (Å²) >= 11 is 1.38. The zero-order valence-corrected chi connectivity index (χ0v) is 12.8.